The van der Waals surface area contributed by atoms with E-state index in [4.69, 9.17) is 14.7 Å². The van der Waals surface area contributed by atoms with E-state index in [1.165, 1.54) is 0 Å². The number of para-hydroxylation sites is 1. The lowest BCUT2D eigenvalue weighted by Crippen LogP contribution is -2.38. The second-order valence-electron chi connectivity index (χ2n) is 5.30. The van der Waals surface area contributed by atoms with Crippen LogP contribution in [0, 0.1) is 11.3 Å². The Morgan fingerprint density at radius 3 is 2.83 bits per heavy atom. The maximum Gasteiger partial charge on any atom is 0.268 e. The molecule has 0 aliphatic carbocycles. The lowest BCUT2D eigenvalue weighted by molar-refractivity contribution is -0.124. The number of carbonyl (C=O) groups is 1. The molecule has 0 N–H and O–H groups in total. The molecule has 1 unspecified atom stereocenters. The smallest absolute Gasteiger partial charge is 0.268 e. The van der Waals surface area contributed by atoms with Gasteiger partial charge in [0.15, 0.2) is 17.6 Å². The first kappa shape index (κ1) is 14.9. The van der Waals surface area contributed by atoms with E-state index >= 15 is 0 Å². The van der Waals surface area contributed by atoms with Gasteiger partial charge in [-0.15, -0.1) is 0 Å². The Hall–Kier alpha value is -3.00. The van der Waals surface area contributed by atoms with E-state index in [2.05, 4.69) is 6.07 Å². The van der Waals surface area contributed by atoms with Crippen LogP contribution in [0.5, 0.6) is 11.5 Å². The summed E-state index contributed by atoms with van der Waals surface area (Å²) in [7, 11) is 1.57. The van der Waals surface area contributed by atoms with Crippen molar-refractivity contribution in [3.8, 4) is 17.6 Å². The number of amides is 1. The van der Waals surface area contributed by atoms with Crippen molar-refractivity contribution in [3.05, 3.63) is 53.6 Å². The van der Waals surface area contributed by atoms with Crippen LogP contribution in [0.1, 0.15) is 18.1 Å². The van der Waals surface area contributed by atoms with Crippen LogP contribution in [0.15, 0.2) is 42.5 Å². The van der Waals surface area contributed by atoms with E-state index in [1.54, 1.807) is 37.1 Å². The predicted octanol–water partition coefficient (Wildman–Crippen LogP) is 2.88. The van der Waals surface area contributed by atoms with Gasteiger partial charge in [0.25, 0.3) is 5.91 Å². The molecule has 1 atom stereocenters. The van der Waals surface area contributed by atoms with Crippen LogP contribution in [0.2, 0.25) is 0 Å². The van der Waals surface area contributed by atoms with E-state index in [0.717, 1.165) is 5.56 Å². The molecule has 0 bridgehead atoms. The second-order valence-corrected chi connectivity index (χ2v) is 5.30. The summed E-state index contributed by atoms with van der Waals surface area (Å²) in [5.41, 5.74) is 2.06. The highest BCUT2D eigenvalue weighted by Gasteiger charge is 2.30. The fourth-order valence-electron chi connectivity index (χ4n) is 2.64. The molecular formula is C18H16N2O3. The molecule has 0 aromatic heterocycles. The molecule has 3 rings (SSSR count). The Kier molecular flexibility index (Phi) is 3.90. The zero-order valence-electron chi connectivity index (χ0n) is 12.9. The zero-order chi connectivity index (χ0) is 16.4. The van der Waals surface area contributed by atoms with Gasteiger partial charge in [-0.1, -0.05) is 18.2 Å². The fourth-order valence-corrected chi connectivity index (χ4v) is 2.64. The van der Waals surface area contributed by atoms with Crippen molar-refractivity contribution < 1.29 is 14.3 Å². The number of hydrogen-bond acceptors (Lipinski definition) is 4. The third-order valence-corrected chi connectivity index (χ3v) is 3.80. The van der Waals surface area contributed by atoms with Gasteiger partial charge in [-0.25, -0.2) is 0 Å². The molecular weight excluding hydrogens is 292 g/mol. The van der Waals surface area contributed by atoms with Crippen LogP contribution < -0.4 is 14.4 Å². The number of fused-ring (bicyclic) bond motifs is 1. The van der Waals surface area contributed by atoms with Gasteiger partial charge in [0, 0.05) is 11.3 Å². The molecule has 0 fully saturated rings. The normalized spacial score (nSPS) is 16.8. The summed E-state index contributed by atoms with van der Waals surface area (Å²) >= 11 is 0. The molecule has 5 nitrogen and oxygen atoms in total. The molecule has 1 heterocycles. The van der Waals surface area contributed by atoms with Crippen molar-refractivity contribution in [1.29, 1.82) is 5.26 Å². The highest BCUT2D eigenvalue weighted by atomic mass is 16.5. The summed E-state index contributed by atoms with van der Waals surface area (Å²) in [5.74, 6) is 1.04. The summed E-state index contributed by atoms with van der Waals surface area (Å²) in [6.07, 6.45) is -0.640. The number of methoxy groups -OCH3 is 1. The number of nitriles is 1. The first-order valence-electron chi connectivity index (χ1n) is 7.28. The van der Waals surface area contributed by atoms with Crippen molar-refractivity contribution in [2.75, 3.05) is 12.0 Å². The molecule has 1 aliphatic rings. The minimum Gasteiger partial charge on any atom is -0.493 e. The molecule has 0 saturated heterocycles. The average molecular weight is 308 g/mol. The summed E-state index contributed by atoms with van der Waals surface area (Å²) in [6, 6.07) is 14.7. The summed E-state index contributed by atoms with van der Waals surface area (Å²) in [6.45, 7) is 2.08. The Labute approximate surface area is 134 Å². The van der Waals surface area contributed by atoms with Gasteiger partial charge in [-0.3, -0.25) is 4.79 Å². The maximum absolute atomic E-state index is 12.7. The first-order valence-corrected chi connectivity index (χ1v) is 7.28. The quantitative estimate of drug-likeness (QED) is 0.856. The minimum atomic E-state index is -0.640. The van der Waals surface area contributed by atoms with Crippen molar-refractivity contribution in [2.24, 2.45) is 0 Å². The van der Waals surface area contributed by atoms with Crippen molar-refractivity contribution in [1.82, 2.24) is 0 Å². The molecule has 0 saturated carbocycles. The Balaban J connectivity index is 2.07. The van der Waals surface area contributed by atoms with E-state index in [1.807, 2.05) is 24.3 Å². The molecule has 2 aromatic carbocycles. The predicted molar refractivity (Wildman–Crippen MR) is 85.4 cm³/mol. The number of benzene rings is 2. The fraction of sp³-hybridized carbons (Fsp3) is 0.222. The molecule has 0 spiro atoms. The van der Waals surface area contributed by atoms with Gasteiger partial charge in [0.2, 0.25) is 0 Å². The molecule has 23 heavy (non-hydrogen) atoms. The molecule has 1 amide bonds. The van der Waals surface area contributed by atoms with Gasteiger partial charge in [-0.2, -0.15) is 5.26 Å². The van der Waals surface area contributed by atoms with E-state index in [9.17, 15) is 4.79 Å². The average Bonchev–Trinajstić information content (AvgIpc) is 2.72. The molecule has 1 aliphatic heterocycles. The third kappa shape index (κ3) is 2.71. The summed E-state index contributed by atoms with van der Waals surface area (Å²) in [5, 5.41) is 9.07. The van der Waals surface area contributed by atoms with Gasteiger partial charge in [0.1, 0.15) is 0 Å². The van der Waals surface area contributed by atoms with Crippen LogP contribution in [-0.4, -0.2) is 19.1 Å². The number of rotatable bonds is 2. The SMILES string of the molecule is COc1cccc2c1OC(C)C(=O)N(c1cccc(C#N)c1)C2. The van der Waals surface area contributed by atoms with Gasteiger partial charge >= 0.3 is 0 Å². The Morgan fingerprint density at radius 2 is 2.09 bits per heavy atom. The number of hydrogen-bond donors (Lipinski definition) is 0. The van der Waals surface area contributed by atoms with Crippen LogP contribution in [-0.2, 0) is 11.3 Å². The topological polar surface area (TPSA) is 62.6 Å². The van der Waals surface area contributed by atoms with E-state index in [0.29, 0.717) is 29.3 Å². The highest BCUT2D eigenvalue weighted by Crippen LogP contribution is 2.36. The number of ether oxygens (including phenoxy) is 2. The zero-order valence-corrected chi connectivity index (χ0v) is 12.9. The third-order valence-electron chi connectivity index (χ3n) is 3.80. The number of anilines is 1. The van der Waals surface area contributed by atoms with Crippen LogP contribution in [0.25, 0.3) is 0 Å². The standard InChI is InChI=1S/C18H16N2O3/c1-12-18(21)20(15-7-3-5-13(9-15)10-19)11-14-6-4-8-16(22-2)17(14)23-12/h3-9,12H,11H2,1-2H3. The first-order chi connectivity index (χ1) is 11.1. The van der Waals surface area contributed by atoms with Crippen LogP contribution >= 0.6 is 0 Å². The molecule has 2 aromatic rings. The number of carbonyl (C=O) groups excluding carboxylic acids is 1. The summed E-state index contributed by atoms with van der Waals surface area (Å²) in [4.78, 5) is 14.3. The number of nitrogens with zero attached hydrogens (tertiary/aromatic N) is 2. The largest absolute Gasteiger partial charge is 0.493 e. The lowest BCUT2D eigenvalue weighted by Gasteiger charge is -2.22. The minimum absolute atomic E-state index is 0.154. The molecule has 5 heteroatoms. The van der Waals surface area contributed by atoms with Crippen molar-refractivity contribution in [3.63, 3.8) is 0 Å². The van der Waals surface area contributed by atoms with Crippen molar-refractivity contribution >= 4 is 11.6 Å². The molecule has 0 radical (unpaired) electrons. The van der Waals surface area contributed by atoms with Crippen LogP contribution in [0.4, 0.5) is 5.69 Å². The van der Waals surface area contributed by atoms with Gasteiger partial charge in [-0.05, 0) is 31.2 Å². The maximum atomic E-state index is 12.7. The summed E-state index contributed by atoms with van der Waals surface area (Å²) < 4.78 is 11.1. The molecule has 116 valence electrons. The van der Waals surface area contributed by atoms with E-state index in [-0.39, 0.29) is 5.91 Å². The van der Waals surface area contributed by atoms with Crippen molar-refractivity contribution in [2.45, 2.75) is 19.6 Å². The lowest BCUT2D eigenvalue weighted by atomic mass is 10.1. The van der Waals surface area contributed by atoms with E-state index < -0.39 is 6.10 Å². The van der Waals surface area contributed by atoms with Gasteiger partial charge in [0.05, 0.1) is 25.3 Å². The van der Waals surface area contributed by atoms with Crippen LogP contribution in [0.3, 0.4) is 0 Å². The van der Waals surface area contributed by atoms with Gasteiger partial charge < -0.3 is 14.4 Å². The second kappa shape index (κ2) is 6.01. The Morgan fingerprint density at radius 1 is 1.30 bits per heavy atom. The highest BCUT2D eigenvalue weighted by molar-refractivity contribution is 5.97. The monoisotopic (exact) mass is 308 g/mol. The Bertz CT molecular complexity index is 795.